The Morgan fingerprint density at radius 1 is 1.17 bits per heavy atom. The van der Waals surface area contributed by atoms with E-state index in [0.717, 1.165) is 61.9 Å². The van der Waals surface area contributed by atoms with Gasteiger partial charge in [0, 0.05) is 39.6 Å². The second-order valence-corrected chi connectivity index (χ2v) is 8.24. The molecule has 0 spiro atoms. The van der Waals surface area contributed by atoms with Gasteiger partial charge in [0.05, 0.1) is 11.6 Å². The topological polar surface area (TPSA) is 79.2 Å². The predicted octanol–water partition coefficient (Wildman–Crippen LogP) is 2.19. The van der Waals surface area contributed by atoms with Gasteiger partial charge in [-0.3, -0.25) is 9.48 Å². The van der Waals surface area contributed by atoms with E-state index in [4.69, 9.17) is 0 Å². The number of rotatable bonds is 4. The average Bonchev–Trinajstić information content (AvgIpc) is 3.09. The van der Waals surface area contributed by atoms with Crippen molar-refractivity contribution in [2.24, 2.45) is 18.9 Å². The van der Waals surface area contributed by atoms with E-state index < -0.39 is 0 Å². The van der Waals surface area contributed by atoms with E-state index in [0.29, 0.717) is 24.2 Å². The molecule has 2 fully saturated rings. The smallest absolute Gasteiger partial charge is 0.222 e. The van der Waals surface area contributed by atoms with Crippen molar-refractivity contribution in [1.29, 1.82) is 0 Å². The summed E-state index contributed by atoms with van der Waals surface area (Å²) in [7, 11) is 1.90. The van der Waals surface area contributed by atoms with Crippen LogP contribution in [-0.4, -0.2) is 69.8 Å². The van der Waals surface area contributed by atoms with Crippen LogP contribution in [0.3, 0.4) is 0 Å². The van der Waals surface area contributed by atoms with Crippen LogP contribution >= 0.6 is 24.8 Å². The Hall–Kier alpha value is -1.64. The first-order chi connectivity index (χ1) is 13.5. The highest BCUT2D eigenvalue weighted by molar-refractivity contribution is 5.87. The zero-order valence-corrected chi connectivity index (χ0v) is 19.6. The molecular weight excluding hydrogens is 425 g/mol. The van der Waals surface area contributed by atoms with Crippen molar-refractivity contribution in [1.82, 2.24) is 30.0 Å². The number of carbonyl (C=O) groups excluding carboxylic acids is 1. The van der Waals surface area contributed by atoms with Gasteiger partial charge in [-0.2, -0.15) is 5.10 Å². The summed E-state index contributed by atoms with van der Waals surface area (Å²) < 4.78 is 1.79. The number of aryl methyl sites for hydroxylation is 2. The molecule has 0 bridgehead atoms. The molecule has 1 amide bonds. The van der Waals surface area contributed by atoms with Gasteiger partial charge in [0.2, 0.25) is 5.91 Å². The van der Waals surface area contributed by atoms with Gasteiger partial charge in [-0.05, 0) is 44.7 Å². The first-order valence-electron chi connectivity index (χ1n) is 10.4. The van der Waals surface area contributed by atoms with E-state index in [-0.39, 0.29) is 24.8 Å². The third-order valence-corrected chi connectivity index (χ3v) is 6.30. The Morgan fingerprint density at radius 2 is 1.83 bits per heavy atom. The van der Waals surface area contributed by atoms with Crippen LogP contribution in [0.5, 0.6) is 0 Å². The van der Waals surface area contributed by atoms with E-state index in [1.807, 2.05) is 25.1 Å². The quantitative estimate of drug-likeness (QED) is 0.757. The fourth-order valence-corrected chi connectivity index (χ4v) is 4.51. The molecule has 0 aliphatic carbocycles. The van der Waals surface area contributed by atoms with Crippen molar-refractivity contribution in [3.63, 3.8) is 0 Å². The second-order valence-electron chi connectivity index (χ2n) is 8.24. The molecule has 2 aromatic heterocycles. The molecule has 168 valence electrons. The van der Waals surface area contributed by atoms with Crippen LogP contribution in [0.25, 0.3) is 11.0 Å². The number of halogens is 2. The molecule has 2 aromatic rings. The number of piperidine rings is 1. The summed E-state index contributed by atoms with van der Waals surface area (Å²) in [6, 6.07) is 0. The van der Waals surface area contributed by atoms with E-state index >= 15 is 0 Å². The van der Waals surface area contributed by atoms with Gasteiger partial charge in [-0.25, -0.2) is 9.97 Å². The molecule has 1 N–H and O–H groups in total. The van der Waals surface area contributed by atoms with Gasteiger partial charge in [0.15, 0.2) is 5.65 Å². The van der Waals surface area contributed by atoms with Crippen LogP contribution in [0, 0.1) is 18.8 Å². The van der Waals surface area contributed by atoms with Crippen LogP contribution in [-0.2, 0) is 11.8 Å². The Morgan fingerprint density at radius 3 is 2.50 bits per heavy atom. The molecule has 1 unspecified atom stereocenters. The van der Waals surface area contributed by atoms with Crippen molar-refractivity contribution in [2.45, 2.75) is 33.1 Å². The number of hydrogen-bond acceptors (Lipinski definition) is 6. The van der Waals surface area contributed by atoms with E-state index in [2.05, 4.69) is 32.2 Å². The summed E-state index contributed by atoms with van der Waals surface area (Å²) >= 11 is 0. The number of amides is 1. The van der Waals surface area contributed by atoms with Crippen LogP contribution in [0.1, 0.15) is 32.0 Å². The summed E-state index contributed by atoms with van der Waals surface area (Å²) in [6.07, 6.45) is 4.89. The zero-order valence-electron chi connectivity index (χ0n) is 18.0. The summed E-state index contributed by atoms with van der Waals surface area (Å²) in [5, 5.41) is 8.72. The number of aromatic nitrogens is 4. The average molecular weight is 458 g/mol. The molecule has 4 heterocycles. The molecule has 2 aliphatic heterocycles. The second kappa shape index (κ2) is 10.6. The Labute approximate surface area is 190 Å². The maximum atomic E-state index is 12.8. The molecule has 2 saturated heterocycles. The summed E-state index contributed by atoms with van der Waals surface area (Å²) in [5.74, 6) is 3.13. The highest BCUT2D eigenvalue weighted by Gasteiger charge is 2.27. The largest absolute Gasteiger partial charge is 0.352 e. The van der Waals surface area contributed by atoms with Crippen LogP contribution < -0.4 is 10.2 Å². The molecule has 0 aromatic carbocycles. The van der Waals surface area contributed by atoms with E-state index in [1.54, 1.807) is 4.68 Å². The molecule has 2 aliphatic rings. The lowest BCUT2D eigenvalue weighted by Gasteiger charge is -2.37. The maximum absolute atomic E-state index is 12.8. The number of fused-ring (bicyclic) bond motifs is 1. The number of nitrogens with one attached hydrogen (secondary N) is 1. The first-order valence-corrected chi connectivity index (χ1v) is 10.4. The summed E-state index contributed by atoms with van der Waals surface area (Å²) in [6.45, 7) is 9.43. The van der Waals surface area contributed by atoms with Crippen molar-refractivity contribution in [3.8, 4) is 0 Å². The minimum absolute atomic E-state index is 0. The molecule has 8 nitrogen and oxygen atoms in total. The molecule has 10 heteroatoms. The van der Waals surface area contributed by atoms with Crippen molar-refractivity contribution < 1.29 is 4.79 Å². The monoisotopic (exact) mass is 457 g/mol. The van der Waals surface area contributed by atoms with Gasteiger partial charge >= 0.3 is 0 Å². The third-order valence-electron chi connectivity index (χ3n) is 6.30. The fraction of sp³-hybridized carbons (Fsp3) is 0.700. The Bertz CT molecular complexity index is 845. The van der Waals surface area contributed by atoms with Crippen molar-refractivity contribution in [2.75, 3.05) is 44.2 Å². The van der Waals surface area contributed by atoms with Gasteiger partial charge in [0.1, 0.15) is 11.6 Å². The summed E-state index contributed by atoms with van der Waals surface area (Å²) in [5.41, 5.74) is 0.858. The van der Waals surface area contributed by atoms with E-state index in [9.17, 15) is 4.79 Å². The van der Waals surface area contributed by atoms with Gasteiger partial charge in [-0.15, -0.1) is 24.8 Å². The predicted molar refractivity (Wildman–Crippen MR) is 124 cm³/mol. The molecule has 0 saturated carbocycles. The van der Waals surface area contributed by atoms with Gasteiger partial charge < -0.3 is 15.1 Å². The number of piperazine rings is 1. The Kier molecular flexibility index (Phi) is 8.70. The van der Waals surface area contributed by atoms with Gasteiger partial charge in [-0.1, -0.05) is 6.92 Å². The number of hydrogen-bond donors (Lipinski definition) is 1. The Balaban J connectivity index is 0.00000160. The first kappa shape index (κ1) is 24.6. The standard InChI is InChI=1S/C20H31N7O.2ClH/c1-14(16-4-6-21-7-5-16)12-18(28)26-8-10-27(11-9-26)20-17-13-22-25(3)19(17)23-15(2)24-20;;/h13-14,16,21H,4-12H2,1-3H3;2*1H. The highest BCUT2D eigenvalue weighted by atomic mass is 35.5. The molecule has 1 atom stereocenters. The van der Waals surface area contributed by atoms with Crippen LogP contribution in [0.2, 0.25) is 0 Å². The third kappa shape index (κ3) is 5.15. The molecular formula is C20H33Cl2N7O. The number of nitrogens with zero attached hydrogens (tertiary/aromatic N) is 6. The highest BCUT2D eigenvalue weighted by Crippen LogP contribution is 2.27. The zero-order chi connectivity index (χ0) is 19.7. The lowest BCUT2D eigenvalue weighted by atomic mass is 9.84. The molecule has 0 radical (unpaired) electrons. The van der Waals surface area contributed by atoms with Crippen LogP contribution in [0.4, 0.5) is 5.82 Å². The SMILES string of the molecule is Cc1nc(N2CCN(C(=O)CC(C)C3CCNCC3)CC2)c2cnn(C)c2n1.Cl.Cl. The number of anilines is 1. The normalized spacial score (nSPS) is 18.6. The minimum Gasteiger partial charge on any atom is -0.352 e. The fourth-order valence-electron chi connectivity index (χ4n) is 4.51. The number of carbonyl (C=O) groups is 1. The van der Waals surface area contributed by atoms with Crippen molar-refractivity contribution >= 4 is 47.6 Å². The van der Waals surface area contributed by atoms with E-state index in [1.165, 1.54) is 12.8 Å². The molecule has 30 heavy (non-hydrogen) atoms. The molecule has 4 rings (SSSR count). The minimum atomic E-state index is 0. The van der Waals surface area contributed by atoms with Crippen molar-refractivity contribution in [3.05, 3.63) is 12.0 Å². The van der Waals surface area contributed by atoms with Gasteiger partial charge in [0.25, 0.3) is 0 Å². The maximum Gasteiger partial charge on any atom is 0.222 e. The lowest BCUT2D eigenvalue weighted by molar-refractivity contribution is -0.132. The van der Waals surface area contributed by atoms with Crippen LogP contribution in [0.15, 0.2) is 6.20 Å². The lowest BCUT2D eigenvalue weighted by Crippen LogP contribution is -2.49. The summed E-state index contributed by atoms with van der Waals surface area (Å²) in [4.78, 5) is 26.3.